The number of hydrogen-bond donors (Lipinski definition) is 0. The van der Waals surface area contributed by atoms with Crippen LogP contribution in [0, 0.1) is 11.8 Å². The fourth-order valence-electron chi connectivity index (χ4n) is 4.00. The van der Waals surface area contributed by atoms with E-state index in [1.165, 1.54) is 38.5 Å². The van der Waals surface area contributed by atoms with Crippen molar-refractivity contribution >= 4 is 5.97 Å². The molecule has 2 atom stereocenters. The van der Waals surface area contributed by atoms with E-state index < -0.39 is 0 Å². The lowest BCUT2D eigenvalue weighted by atomic mass is 9.82. The first-order valence-corrected chi connectivity index (χ1v) is 8.31. The van der Waals surface area contributed by atoms with Gasteiger partial charge in [-0.05, 0) is 31.6 Å². The van der Waals surface area contributed by atoms with Gasteiger partial charge < -0.3 is 9.47 Å². The molecule has 2 unspecified atom stereocenters. The van der Waals surface area contributed by atoms with Gasteiger partial charge >= 0.3 is 5.97 Å². The lowest BCUT2D eigenvalue weighted by Crippen LogP contribution is -2.45. The molecule has 112 valence electrons. The molecule has 1 heterocycles. The summed E-state index contributed by atoms with van der Waals surface area (Å²) in [5.74, 6) is 0.643. The van der Waals surface area contributed by atoms with Crippen LogP contribution in [0.15, 0.2) is 12.2 Å². The van der Waals surface area contributed by atoms with E-state index in [9.17, 15) is 4.79 Å². The number of rotatable bonds is 2. The standard InChI is InChI=1S/C17H26O3/c1-12-15(13-8-4-2-5-9-13)19-17(20-16(12)18)14-10-6-3-7-11-14/h13-15,17H,1-11H2. The van der Waals surface area contributed by atoms with Gasteiger partial charge in [-0.2, -0.15) is 0 Å². The van der Waals surface area contributed by atoms with Crippen LogP contribution in [0.4, 0.5) is 0 Å². The van der Waals surface area contributed by atoms with Crippen molar-refractivity contribution in [1.82, 2.24) is 0 Å². The van der Waals surface area contributed by atoms with E-state index in [4.69, 9.17) is 9.47 Å². The Hall–Kier alpha value is -0.830. The summed E-state index contributed by atoms with van der Waals surface area (Å²) in [6.45, 7) is 3.93. The molecule has 3 heteroatoms. The Kier molecular flexibility index (Phi) is 4.45. The fourth-order valence-corrected chi connectivity index (χ4v) is 4.00. The van der Waals surface area contributed by atoms with Crippen LogP contribution in [0.2, 0.25) is 0 Å². The molecule has 20 heavy (non-hydrogen) atoms. The molecule has 2 saturated carbocycles. The average molecular weight is 278 g/mol. The first-order valence-electron chi connectivity index (χ1n) is 8.31. The van der Waals surface area contributed by atoms with Gasteiger partial charge in [0.05, 0.1) is 11.7 Å². The normalized spacial score (nSPS) is 34.0. The number of carbonyl (C=O) groups excluding carboxylic acids is 1. The molecule has 0 N–H and O–H groups in total. The summed E-state index contributed by atoms with van der Waals surface area (Å²) in [4.78, 5) is 12.1. The van der Waals surface area contributed by atoms with Gasteiger partial charge in [-0.25, -0.2) is 4.79 Å². The van der Waals surface area contributed by atoms with Crippen LogP contribution < -0.4 is 0 Å². The second-order valence-corrected chi connectivity index (χ2v) is 6.65. The van der Waals surface area contributed by atoms with Gasteiger partial charge in [0.1, 0.15) is 0 Å². The molecule has 3 fully saturated rings. The predicted octanol–water partition coefficient (Wildman–Crippen LogP) is 3.97. The van der Waals surface area contributed by atoms with Crippen molar-refractivity contribution in [3.63, 3.8) is 0 Å². The van der Waals surface area contributed by atoms with Crippen LogP contribution in [0.1, 0.15) is 64.2 Å². The molecule has 3 rings (SSSR count). The van der Waals surface area contributed by atoms with Gasteiger partial charge in [0.2, 0.25) is 6.29 Å². The van der Waals surface area contributed by atoms with E-state index in [2.05, 4.69) is 6.58 Å². The van der Waals surface area contributed by atoms with Gasteiger partial charge in [-0.3, -0.25) is 0 Å². The van der Waals surface area contributed by atoms with Gasteiger partial charge in [0, 0.05) is 5.92 Å². The van der Waals surface area contributed by atoms with E-state index >= 15 is 0 Å². The lowest BCUT2D eigenvalue weighted by molar-refractivity contribution is -0.226. The zero-order valence-electron chi connectivity index (χ0n) is 12.3. The van der Waals surface area contributed by atoms with Gasteiger partial charge in [0.25, 0.3) is 0 Å². The summed E-state index contributed by atoms with van der Waals surface area (Å²) in [7, 11) is 0. The molecule has 0 aromatic rings. The molecule has 3 nitrogen and oxygen atoms in total. The van der Waals surface area contributed by atoms with E-state index in [-0.39, 0.29) is 18.4 Å². The summed E-state index contributed by atoms with van der Waals surface area (Å²) in [5, 5.41) is 0. The average Bonchev–Trinajstić information content (AvgIpc) is 2.51. The number of esters is 1. The zero-order valence-corrected chi connectivity index (χ0v) is 12.3. The fraction of sp³-hybridized carbons (Fsp3) is 0.824. The summed E-state index contributed by atoms with van der Waals surface area (Å²) < 4.78 is 11.7. The van der Waals surface area contributed by atoms with Crippen LogP contribution in [0.5, 0.6) is 0 Å². The van der Waals surface area contributed by atoms with Gasteiger partial charge in [0.15, 0.2) is 0 Å². The van der Waals surface area contributed by atoms with Crippen LogP contribution in [0.25, 0.3) is 0 Å². The maximum Gasteiger partial charge on any atom is 0.338 e. The second-order valence-electron chi connectivity index (χ2n) is 6.65. The Morgan fingerprint density at radius 2 is 1.40 bits per heavy atom. The minimum Gasteiger partial charge on any atom is -0.432 e. The number of cyclic esters (lactones) is 1. The monoisotopic (exact) mass is 278 g/mol. The highest BCUT2D eigenvalue weighted by Gasteiger charge is 2.41. The van der Waals surface area contributed by atoms with Crippen molar-refractivity contribution in [3.8, 4) is 0 Å². The van der Waals surface area contributed by atoms with E-state index in [1.807, 2.05) is 0 Å². The highest BCUT2D eigenvalue weighted by molar-refractivity contribution is 5.89. The van der Waals surface area contributed by atoms with Crippen LogP contribution in [-0.2, 0) is 14.3 Å². The van der Waals surface area contributed by atoms with Gasteiger partial charge in [-0.1, -0.05) is 45.1 Å². The third-order valence-corrected chi connectivity index (χ3v) is 5.22. The minimum atomic E-state index is -0.319. The predicted molar refractivity (Wildman–Crippen MR) is 77.0 cm³/mol. The van der Waals surface area contributed by atoms with Gasteiger partial charge in [-0.15, -0.1) is 0 Å². The third kappa shape index (κ3) is 2.93. The third-order valence-electron chi connectivity index (χ3n) is 5.22. The van der Waals surface area contributed by atoms with Crippen LogP contribution in [-0.4, -0.2) is 18.4 Å². The van der Waals surface area contributed by atoms with Crippen molar-refractivity contribution in [1.29, 1.82) is 0 Å². The molecular weight excluding hydrogens is 252 g/mol. The molecule has 0 bridgehead atoms. The molecule has 0 aromatic heterocycles. The minimum absolute atomic E-state index is 0.0940. The zero-order chi connectivity index (χ0) is 13.9. The lowest BCUT2D eigenvalue weighted by Gasteiger charge is -2.40. The first kappa shape index (κ1) is 14.1. The Balaban J connectivity index is 1.68. The molecule has 0 radical (unpaired) electrons. The SMILES string of the molecule is C=C1C(=O)OC(C2CCCCC2)OC1C1CCCCC1. The van der Waals surface area contributed by atoms with Crippen molar-refractivity contribution in [2.45, 2.75) is 76.6 Å². The Bertz CT molecular complexity index is 364. The topological polar surface area (TPSA) is 35.5 Å². The smallest absolute Gasteiger partial charge is 0.338 e. The molecule has 3 aliphatic rings. The molecule has 1 saturated heterocycles. The maximum absolute atomic E-state index is 12.1. The molecular formula is C17H26O3. The summed E-state index contributed by atoms with van der Waals surface area (Å²) in [6, 6.07) is 0. The summed E-state index contributed by atoms with van der Waals surface area (Å²) in [5.41, 5.74) is 0.545. The van der Waals surface area contributed by atoms with Crippen molar-refractivity contribution < 1.29 is 14.3 Å². The van der Waals surface area contributed by atoms with E-state index in [0.29, 0.717) is 17.4 Å². The van der Waals surface area contributed by atoms with Crippen LogP contribution >= 0.6 is 0 Å². The number of hydrogen-bond acceptors (Lipinski definition) is 3. The Labute approximate surface area is 121 Å². The summed E-state index contributed by atoms with van der Waals surface area (Å²) >= 11 is 0. The molecule has 0 amide bonds. The van der Waals surface area contributed by atoms with Crippen molar-refractivity contribution in [3.05, 3.63) is 12.2 Å². The Morgan fingerprint density at radius 1 is 0.850 bits per heavy atom. The Morgan fingerprint density at radius 3 is 2.00 bits per heavy atom. The first-order chi connectivity index (χ1) is 9.75. The maximum atomic E-state index is 12.1. The van der Waals surface area contributed by atoms with Crippen molar-refractivity contribution in [2.24, 2.45) is 11.8 Å². The largest absolute Gasteiger partial charge is 0.432 e. The van der Waals surface area contributed by atoms with Crippen LogP contribution in [0.3, 0.4) is 0 Å². The molecule has 0 aromatic carbocycles. The molecule has 0 spiro atoms. The van der Waals surface area contributed by atoms with E-state index in [0.717, 1.165) is 25.7 Å². The number of carbonyl (C=O) groups is 1. The quantitative estimate of drug-likeness (QED) is 0.566. The highest BCUT2D eigenvalue weighted by atomic mass is 16.7. The second kappa shape index (κ2) is 6.30. The van der Waals surface area contributed by atoms with E-state index in [1.54, 1.807) is 0 Å². The number of ether oxygens (including phenoxy) is 2. The highest BCUT2D eigenvalue weighted by Crippen LogP contribution is 2.38. The molecule has 2 aliphatic carbocycles. The molecule has 1 aliphatic heterocycles. The van der Waals surface area contributed by atoms with Crippen molar-refractivity contribution in [2.75, 3.05) is 0 Å². The summed E-state index contributed by atoms with van der Waals surface area (Å²) in [6.07, 6.45) is 11.7.